The van der Waals surface area contributed by atoms with Crippen LogP contribution < -0.4 is 0 Å². The first-order valence-electron chi connectivity index (χ1n) is 11.5. The number of carbonyl (C=O) groups excluding carboxylic acids is 1. The minimum Gasteiger partial charge on any atom is -0.475 e. The molecule has 2 heterocycles. The molecule has 2 unspecified atom stereocenters. The zero-order valence-corrected chi connectivity index (χ0v) is 18.9. The second-order valence-corrected chi connectivity index (χ2v) is 9.12. The van der Waals surface area contributed by atoms with E-state index in [2.05, 4.69) is 28.8 Å². The Morgan fingerprint density at radius 2 is 1.91 bits per heavy atom. The molecule has 1 saturated carbocycles. The summed E-state index contributed by atoms with van der Waals surface area (Å²) in [5.74, 6) is -1.11. The van der Waals surface area contributed by atoms with E-state index in [-0.39, 0.29) is 11.8 Å². The third kappa shape index (κ3) is 7.06. The van der Waals surface area contributed by atoms with Crippen molar-refractivity contribution >= 4 is 11.9 Å². The van der Waals surface area contributed by atoms with Crippen molar-refractivity contribution in [1.82, 2.24) is 14.5 Å². The minimum absolute atomic E-state index is 0.232. The van der Waals surface area contributed by atoms with Crippen molar-refractivity contribution in [3.63, 3.8) is 0 Å². The van der Waals surface area contributed by atoms with Crippen molar-refractivity contribution in [3.8, 4) is 0 Å². The van der Waals surface area contributed by atoms with Gasteiger partial charge < -0.3 is 19.3 Å². The lowest BCUT2D eigenvalue weighted by Gasteiger charge is -2.33. The predicted octanol–water partition coefficient (Wildman–Crippen LogP) is 4.04. The van der Waals surface area contributed by atoms with E-state index in [1.165, 1.54) is 31.4 Å². The van der Waals surface area contributed by atoms with Gasteiger partial charge in [0.05, 0.1) is 25.2 Å². The van der Waals surface area contributed by atoms with Gasteiger partial charge in [-0.25, -0.2) is 9.78 Å². The van der Waals surface area contributed by atoms with Gasteiger partial charge in [-0.05, 0) is 37.5 Å². The molecule has 184 valence electrons. The van der Waals surface area contributed by atoms with Gasteiger partial charge in [-0.2, -0.15) is 13.2 Å². The molecule has 4 rings (SSSR count). The molecule has 2 aliphatic carbocycles. The molecule has 2 atom stereocenters. The van der Waals surface area contributed by atoms with Gasteiger partial charge in [0.2, 0.25) is 5.91 Å². The molecule has 1 amide bonds. The number of allylic oxidation sites excluding steroid dienone is 2. The fraction of sp³-hybridized carbons (Fsp3) is 0.696. The van der Waals surface area contributed by atoms with Gasteiger partial charge in [0.15, 0.2) is 0 Å². The maximum absolute atomic E-state index is 12.8. The van der Waals surface area contributed by atoms with Crippen LogP contribution in [-0.2, 0) is 27.9 Å². The molecule has 3 aliphatic rings. The lowest BCUT2D eigenvalue weighted by molar-refractivity contribution is -0.192. The van der Waals surface area contributed by atoms with Crippen LogP contribution in [0.25, 0.3) is 0 Å². The highest BCUT2D eigenvalue weighted by molar-refractivity contribution is 5.77. The number of aryl methyl sites for hydroxylation is 1. The maximum atomic E-state index is 12.8. The molecule has 1 aliphatic heterocycles. The van der Waals surface area contributed by atoms with Crippen molar-refractivity contribution in [1.29, 1.82) is 0 Å². The van der Waals surface area contributed by atoms with E-state index in [4.69, 9.17) is 14.6 Å². The topological polar surface area (TPSA) is 84.7 Å². The molecular weight excluding hydrogens is 439 g/mol. The van der Waals surface area contributed by atoms with Crippen LogP contribution in [0, 0.1) is 11.8 Å². The number of amides is 1. The summed E-state index contributed by atoms with van der Waals surface area (Å²) in [7, 11) is 2.05. The maximum Gasteiger partial charge on any atom is 0.490 e. The number of carbonyl (C=O) groups is 2. The number of imidazole rings is 1. The molecule has 1 N–H and O–H groups in total. The second-order valence-electron chi connectivity index (χ2n) is 9.12. The number of rotatable bonds is 6. The standard InChI is InChI=1S/C21H31N3O2.C2HF3O2/c1-23-15-22-19-12-24(20(25)10-16-6-2-3-7-16)11-18(21(19)23)14-26-13-17-8-4-5-9-17;3-2(4,5)1(6)7/h2,6,15-18H,3-5,7-14H2,1H3;(H,6,7). The number of ether oxygens (including phenoxy) is 1. The summed E-state index contributed by atoms with van der Waals surface area (Å²) in [4.78, 5) is 28.3. The Bertz CT molecular complexity index is 846. The van der Waals surface area contributed by atoms with Crippen LogP contribution in [0.5, 0.6) is 0 Å². The van der Waals surface area contributed by atoms with Crippen LogP contribution in [0.3, 0.4) is 0 Å². The first-order chi connectivity index (χ1) is 15.6. The van der Waals surface area contributed by atoms with Crippen LogP contribution in [0.1, 0.15) is 62.3 Å². The number of nitrogens with zero attached hydrogens (tertiary/aromatic N) is 3. The summed E-state index contributed by atoms with van der Waals surface area (Å²) in [6.07, 6.45) is 9.37. The molecular formula is C23H32F3N3O4. The van der Waals surface area contributed by atoms with E-state index in [1.807, 2.05) is 11.2 Å². The van der Waals surface area contributed by atoms with Crippen LogP contribution in [0.2, 0.25) is 0 Å². The molecule has 1 fully saturated rings. The van der Waals surface area contributed by atoms with Crippen molar-refractivity contribution in [2.24, 2.45) is 18.9 Å². The third-order valence-corrected chi connectivity index (χ3v) is 6.52. The van der Waals surface area contributed by atoms with Crippen molar-refractivity contribution in [2.45, 2.75) is 63.6 Å². The quantitative estimate of drug-likeness (QED) is 0.633. The Morgan fingerprint density at radius 3 is 2.52 bits per heavy atom. The summed E-state index contributed by atoms with van der Waals surface area (Å²) in [6.45, 7) is 2.96. The number of halogens is 3. The number of hydrogen-bond donors (Lipinski definition) is 1. The fourth-order valence-corrected chi connectivity index (χ4v) is 4.83. The number of alkyl halides is 3. The summed E-state index contributed by atoms with van der Waals surface area (Å²) < 4.78 is 40.0. The lowest BCUT2D eigenvalue weighted by Crippen LogP contribution is -2.40. The molecule has 0 aromatic carbocycles. The molecule has 33 heavy (non-hydrogen) atoms. The average molecular weight is 472 g/mol. The summed E-state index contributed by atoms with van der Waals surface area (Å²) in [6, 6.07) is 0. The third-order valence-electron chi connectivity index (χ3n) is 6.52. The molecule has 0 spiro atoms. The zero-order chi connectivity index (χ0) is 24.0. The smallest absolute Gasteiger partial charge is 0.475 e. The Hall–Kier alpha value is -2.36. The molecule has 0 saturated heterocycles. The van der Waals surface area contributed by atoms with Crippen LogP contribution >= 0.6 is 0 Å². The summed E-state index contributed by atoms with van der Waals surface area (Å²) >= 11 is 0. The lowest BCUT2D eigenvalue weighted by atomic mass is 9.97. The largest absolute Gasteiger partial charge is 0.490 e. The van der Waals surface area contributed by atoms with E-state index in [0.29, 0.717) is 25.5 Å². The van der Waals surface area contributed by atoms with Gasteiger partial charge in [-0.15, -0.1) is 0 Å². The number of carboxylic acids is 1. The molecule has 7 nitrogen and oxygen atoms in total. The molecule has 0 radical (unpaired) electrons. The molecule has 1 aromatic heterocycles. The van der Waals surface area contributed by atoms with Gasteiger partial charge in [0, 0.05) is 38.2 Å². The number of carboxylic acid groups (broad SMARTS) is 1. The van der Waals surface area contributed by atoms with Crippen molar-refractivity contribution in [3.05, 3.63) is 29.9 Å². The van der Waals surface area contributed by atoms with E-state index in [9.17, 15) is 18.0 Å². The number of hydrogen-bond acceptors (Lipinski definition) is 4. The van der Waals surface area contributed by atoms with Crippen molar-refractivity contribution in [2.75, 3.05) is 19.8 Å². The number of aromatic nitrogens is 2. The highest BCUT2D eigenvalue weighted by atomic mass is 19.4. The minimum atomic E-state index is -5.08. The predicted molar refractivity (Wildman–Crippen MR) is 114 cm³/mol. The Balaban J connectivity index is 0.000000383. The van der Waals surface area contributed by atoms with E-state index < -0.39 is 12.1 Å². The number of fused-ring (bicyclic) bond motifs is 1. The molecule has 10 heteroatoms. The average Bonchev–Trinajstić information content (AvgIpc) is 3.51. The fourth-order valence-electron chi connectivity index (χ4n) is 4.83. The second kappa shape index (κ2) is 11.2. The van der Waals surface area contributed by atoms with Gasteiger partial charge in [0.25, 0.3) is 0 Å². The summed E-state index contributed by atoms with van der Waals surface area (Å²) in [5.41, 5.74) is 2.30. The monoisotopic (exact) mass is 471 g/mol. The Kier molecular flexibility index (Phi) is 8.56. The highest BCUT2D eigenvalue weighted by Gasteiger charge is 2.38. The van der Waals surface area contributed by atoms with Crippen LogP contribution in [0.15, 0.2) is 18.5 Å². The van der Waals surface area contributed by atoms with Gasteiger partial charge >= 0.3 is 12.1 Å². The van der Waals surface area contributed by atoms with Gasteiger partial charge in [-0.1, -0.05) is 25.0 Å². The molecule has 0 bridgehead atoms. The number of aliphatic carboxylic acids is 1. The van der Waals surface area contributed by atoms with Gasteiger partial charge in [-0.3, -0.25) is 4.79 Å². The van der Waals surface area contributed by atoms with E-state index in [1.54, 1.807) is 0 Å². The summed E-state index contributed by atoms with van der Waals surface area (Å²) in [5, 5.41) is 7.12. The van der Waals surface area contributed by atoms with Crippen molar-refractivity contribution < 1.29 is 32.6 Å². The van der Waals surface area contributed by atoms with Crippen LogP contribution in [-0.4, -0.2) is 57.4 Å². The Labute approximate surface area is 191 Å². The first kappa shape index (κ1) is 25.3. The van der Waals surface area contributed by atoms with E-state index in [0.717, 1.165) is 37.6 Å². The first-order valence-corrected chi connectivity index (χ1v) is 11.5. The highest BCUT2D eigenvalue weighted by Crippen LogP contribution is 2.31. The zero-order valence-electron chi connectivity index (χ0n) is 18.9. The molecule has 1 aromatic rings. The SMILES string of the molecule is Cn1cnc2c1C(COCC1CCCC1)CN(C(=O)CC1C=CCC1)C2.O=C(O)C(F)(F)F. The van der Waals surface area contributed by atoms with E-state index >= 15 is 0 Å². The van der Waals surface area contributed by atoms with Crippen LogP contribution in [0.4, 0.5) is 13.2 Å². The van der Waals surface area contributed by atoms with Gasteiger partial charge in [0.1, 0.15) is 0 Å². The Morgan fingerprint density at radius 1 is 1.21 bits per heavy atom. The normalized spacial score (nSPS) is 22.7.